The van der Waals surface area contributed by atoms with Crippen LogP contribution in [0.2, 0.25) is 5.02 Å². The Morgan fingerprint density at radius 3 is 2.71 bits per heavy atom. The number of nitrogens with one attached hydrogen (secondary N) is 1. The van der Waals surface area contributed by atoms with Crippen molar-refractivity contribution < 1.29 is 9.18 Å². The van der Waals surface area contributed by atoms with E-state index in [1.807, 2.05) is 32.3 Å². The molecule has 0 radical (unpaired) electrons. The van der Waals surface area contributed by atoms with Crippen molar-refractivity contribution in [2.75, 3.05) is 20.6 Å². The van der Waals surface area contributed by atoms with Crippen LogP contribution in [0.1, 0.15) is 24.4 Å². The zero-order valence-electron chi connectivity index (χ0n) is 16.0. The zero-order valence-corrected chi connectivity index (χ0v) is 16.8. The van der Waals surface area contributed by atoms with Crippen molar-refractivity contribution in [3.05, 3.63) is 65.1 Å². The fourth-order valence-corrected chi connectivity index (χ4v) is 3.34. The minimum absolute atomic E-state index is 0.0706. The maximum atomic E-state index is 13.2. The highest BCUT2D eigenvalue weighted by atomic mass is 35.5. The van der Waals surface area contributed by atoms with Crippen LogP contribution in [0.25, 0.3) is 10.9 Å². The van der Waals surface area contributed by atoms with Crippen LogP contribution in [0.5, 0.6) is 0 Å². The molecule has 1 heterocycles. The summed E-state index contributed by atoms with van der Waals surface area (Å²) >= 11 is 6.18. The number of benzene rings is 2. The number of amides is 1. The molecule has 0 aliphatic heterocycles. The lowest BCUT2D eigenvalue weighted by Gasteiger charge is -2.21. The Labute approximate surface area is 169 Å². The van der Waals surface area contributed by atoms with Crippen LogP contribution in [0.3, 0.4) is 0 Å². The number of nitrogens with zero attached hydrogens (tertiary/aromatic N) is 3. The first-order valence-corrected chi connectivity index (χ1v) is 9.61. The molecular weight excluding hydrogens is 379 g/mol. The number of fused-ring (bicyclic) bond motifs is 1. The molecule has 1 aromatic heterocycles. The second-order valence-electron chi connectivity index (χ2n) is 7.05. The van der Waals surface area contributed by atoms with Gasteiger partial charge in [-0.15, -0.1) is 0 Å². The predicted octanol–water partition coefficient (Wildman–Crippen LogP) is 4.03. The molecule has 3 rings (SSSR count). The van der Waals surface area contributed by atoms with Gasteiger partial charge in [0.15, 0.2) is 0 Å². The van der Waals surface area contributed by atoms with E-state index in [0.717, 1.165) is 29.4 Å². The quantitative estimate of drug-likeness (QED) is 0.619. The SMILES string of the molecule is CN(C)CCC(NC(=O)CCn1ncc2c(Cl)cccc21)c1ccc(F)cc1. The summed E-state index contributed by atoms with van der Waals surface area (Å²) in [6, 6.07) is 11.7. The molecule has 2 aromatic carbocycles. The normalized spacial score (nSPS) is 12.5. The molecule has 0 spiro atoms. The summed E-state index contributed by atoms with van der Waals surface area (Å²) in [6.45, 7) is 1.27. The number of halogens is 2. The Morgan fingerprint density at radius 2 is 2.00 bits per heavy atom. The van der Waals surface area contributed by atoms with Gasteiger partial charge < -0.3 is 10.2 Å². The van der Waals surface area contributed by atoms with Crippen molar-refractivity contribution in [1.82, 2.24) is 20.0 Å². The lowest BCUT2D eigenvalue weighted by atomic mass is 10.0. The second-order valence-corrected chi connectivity index (χ2v) is 7.46. The molecule has 1 atom stereocenters. The number of rotatable bonds is 8. The van der Waals surface area contributed by atoms with E-state index in [4.69, 9.17) is 11.6 Å². The largest absolute Gasteiger partial charge is 0.349 e. The summed E-state index contributed by atoms with van der Waals surface area (Å²) in [6.07, 6.45) is 2.75. The highest BCUT2D eigenvalue weighted by Crippen LogP contribution is 2.23. The van der Waals surface area contributed by atoms with Gasteiger partial charge in [-0.1, -0.05) is 29.8 Å². The van der Waals surface area contributed by atoms with Crippen molar-refractivity contribution >= 4 is 28.4 Å². The third kappa shape index (κ3) is 5.09. The van der Waals surface area contributed by atoms with Gasteiger partial charge in [-0.25, -0.2) is 4.39 Å². The van der Waals surface area contributed by atoms with E-state index in [1.165, 1.54) is 12.1 Å². The third-order valence-electron chi connectivity index (χ3n) is 4.66. The lowest BCUT2D eigenvalue weighted by molar-refractivity contribution is -0.122. The fourth-order valence-electron chi connectivity index (χ4n) is 3.12. The Kier molecular flexibility index (Phi) is 6.65. The molecule has 7 heteroatoms. The van der Waals surface area contributed by atoms with E-state index in [1.54, 1.807) is 23.0 Å². The summed E-state index contributed by atoms with van der Waals surface area (Å²) in [5.41, 5.74) is 1.80. The number of carbonyl (C=O) groups is 1. The monoisotopic (exact) mass is 402 g/mol. The van der Waals surface area contributed by atoms with Crippen molar-refractivity contribution in [3.63, 3.8) is 0 Å². The minimum atomic E-state index is -0.286. The van der Waals surface area contributed by atoms with Gasteiger partial charge in [0.25, 0.3) is 0 Å². The first-order valence-electron chi connectivity index (χ1n) is 9.23. The molecular formula is C21H24ClFN4O. The molecule has 0 fully saturated rings. The highest BCUT2D eigenvalue weighted by molar-refractivity contribution is 6.35. The van der Waals surface area contributed by atoms with Gasteiger partial charge in [0.2, 0.25) is 5.91 Å². The third-order valence-corrected chi connectivity index (χ3v) is 4.99. The summed E-state index contributed by atoms with van der Waals surface area (Å²) in [5.74, 6) is -0.357. The van der Waals surface area contributed by atoms with E-state index >= 15 is 0 Å². The van der Waals surface area contributed by atoms with Crippen LogP contribution in [0, 0.1) is 5.82 Å². The smallest absolute Gasteiger partial charge is 0.222 e. The van der Waals surface area contributed by atoms with Crippen LogP contribution >= 0.6 is 11.6 Å². The van der Waals surface area contributed by atoms with Crippen molar-refractivity contribution in [1.29, 1.82) is 0 Å². The first-order chi connectivity index (χ1) is 13.4. The number of aromatic nitrogens is 2. The lowest BCUT2D eigenvalue weighted by Crippen LogP contribution is -2.31. The van der Waals surface area contributed by atoms with E-state index in [0.29, 0.717) is 18.0 Å². The molecule has 0 saturated carbocycles. The summed E-state index contributed by atoms with van der Waals surface area (Å²) < 4.78 is 15.0. The van der Waals surface area contributed by atoms with Crippen LogP contribution in [0.4, 0.5) is 4.39 Å². The van der Waals surface area contributed by atoms with Gasteiger partial charge in [0.1, 0.15) is 5.82 Å². The Morgan fingerprint density at radius 1 is 1.25 bits per heavy atom. The Bertz CT molecular complexity index is 939. The van der Waals surface area contributed by atoms with E-state index < -0.39 is 0 Å². The van der Waals surface area contributed by atoms with Crippen molar-refractivity contribution in [2.45, 2.75) is 25.4 Å². The molecule has 5 nitrogen and oxygen atoms in total. The van der Waals surface area contributed by atoms with Crippen LogP contribution in [-0.2, 0) is 11.3 Å². The molecule has 148 valence electrons. The van der Waals surface area contributed by atoms with Crippen LogP contribution in [0.15, 0.2) is 48.7 Å². The average Bonchev–Trinajstić information content (AvgIpc) is 3.08. The average molecular weight is 403 g/mol. The summed E-state index contributed by atoms with van der Waals surface area (Å²) in [4.78, 5) is 14.6. The van der Waals surface area contributed by atoms with Gasteiger partial charge >= 0.3 is 0 Å². The van der Waals surface area contributed by atoms with Crippen LogP contribution in [-0.4, -0.2) is 41.2 Å². The number of carbonyl (C=O) groups excluding carboxylic acids is 1. The number of aryl methyl sites for hydroxylation is 1. The zero-order chi connectivity index (χ0) is 20.1. The molecule has 1 unspecified atom stereocenters. The first kappa shape index (κ1) is 20.3. The number of hydrogen-bond donors (Lipinski definition) is 1. The molecule has 1 amide bonds. The molecule has 0 aliphatic rings. The standard InChI is InChI=1S/C21H24ClFN4O/c1-26(2)12-10-19(15-6-8-16(23)9-7-15)25-21(28)11-13-27-20-5-3-4-18(22)17(20)14-24-27/h3-9,14,19H,10-13H2,1-2H3,(H,25,28). The highest BCUT2D eigenvalue weighted by Gasteiger charge is 2.16. The van der Waals surface area contributed by atoms with Gasteiger partial charge in [0, 0.05) is 11.8 Å². The van der Waals surface area contributed by atoms with Gasteiger partial charge in [0.05, 0.1) is 29.3 Å². The minimum Gasteiger partial charge on any atom is -0.349 e. The topological polar surface area (TPSA) is 50.2 Å². The molecule has 0 aliphatic carbocycles. The van der Waals surface area contributed by atoms with Crippen molar-refractivity contribution in [3.8, 4) is 0 Å². The Balaban J connectivity index is 1.65. The van der Waals surface area contributed by atoms with Crippen LogP contribution < -0.4 is 5.32 Å². The second kappa shape index (κ2) is 9.17. The molecule has 3 aromatic rings. The van der Waals surface area contributed by atoms with Crippen molar-refractivity contribution in [2.24, 2.45) is 0 Å². The summed E-state index contributed by atoms with van der Waals surface area (Å²) in [5, 5.41) is 8.93. The Hall–Kier alpha value is -2.44. The molecule has 1 N–H and O–H groups in total. The van der Waals surface area contributed by atoms with E-state index in [-0.39, 0.29) is 17.8 Å². The van der Waals surface area contributed by atoms with E-state index in [2.05, 4.69) is 15.3 Å². The predicted molar refractivity (Wildman–Crippen MR) is 110 cm³/mol. The molecule has 28 heavy (non-hydrogen) atoms. The molecule has 0 bridgehead atoms. The van der Waals surface area contributed by atoms with E-state index in [9.17, 15) is 9.18 Å². The maximum absolute atomic E-state index is 13.2. The van der Waals surface area contributed by atoms with Gasteiger partial charge in [-0.2, -0.15) is 5.10 Å². The van der Waals surface area contributed by atoms with Gasteiger partial charge in [-0.3, -0.25) is 9.48 Å². The number of hydrogen-bond acceptors (Lipinski definition) is 3. The maximum Gasteiger partial charge on any atom is 0.222 e. The molecule has 0 saturated heterocycles. The van der Waals surface area contributed by atoms with Gasteiger partial charge in [-0.05, 0) is 56.9 Å². The summed E-state index contributed by atoms with van der Waals surface area (Å²) in [7, 11) is 3.97. The fraction of sp³-hybridized carbons (Fsp3) is 0.333.